The lowest BCUT2D eigenvalue weighted by Gasteiger charge is -2.25. The Morgan fingerprint density at radius 3 is 2.52 bits per heavy atom. The van der Waals surface area contributed by atoms with Gasteiger partial charge in [-0.2, -0.15) is 0 Å². The van der Waals surface area contributed by atoms with Crippen molar-refractivity contribution in [2.24, 2.45) is 5.92 Å². The zero-order valence-electron chi connectivity index (χ0n) is 16.0. The Balaban J connectivity index is 1.74. The van der Waals surface area contributed by atoms with Crippen LogP contribution in [-0.4, -0.2) is 35.7 Å². The Labute approximate surface area is 174 Å². The van der Waals surface area contributed by atoms with Crippen molar-refractivity contribution < 1.29 is 9.59 Å². The number of carbonyl (C=O) groups excluding carboxylic acids is 2. The van der Waals surface area contributed by atoms with Gasteiger partial charge in [0.05, 0.1) is 10.6 Å². The molecule has 0 atom stereocenters. The Bertz CT molecular complexity index is 740. The molecule has 0 N–H and O–H groups in total. The number of amides is 2. The van der Waals surface area contributed by atoms with Crippen molar-refractivity contribution >= 4 is 50.6 Å². The first-order valence-electron chi connectivity index (χ1n) is 9.83. The van der Waals surface area contributed by atoms with Crippen LogP contribution in [0.3, 0.4) is 0 Å². The first-order chi connectivity index (χ1) is 13.0. The van der Waals surface area contributed by atoms with E-state index in [2.05, 4.69) is 40.7 Å². The summed E-state index contributed by atoms with van der Waals surface area (Å²) in [7, 11) is 0. The maximum atomic E-state index is 12.7. The summed E-state index contributed by atoms with van der Waals surface area (Å²) in [4.78, 5) is 29.3. The molecule has 2 aliphatic rings. The lowest BCUT2D eigenvalue weighted by molar-refractivity contribution is -0.123. The van der Waals surface area contributed by atoms with Crippen molar-refractivity contribution in [3.05, 3.63) is 33.1 Å². The molecule has 1 aromatic rings. The maximum absolute atomic E-state index is 12.7. The van der Waals surface area contributed by atoms with Crippen LogP contribution in [0.4, 0.5) is 10.5 Å². The average molecular weight is 451 g/mol. The van der Waals surface area contributed by atoms with Crippen LogP contribution in [0, 0.1) is 5.92 Å². The van der Waals surface area contributed by atoms with Gasteiger partial charge in [0.1, 0.15) is 0 Å². The minimum Gasteiger partial charge on any atom is -0.371 e. The van der Waals surface area contributed by atoms with Gasteiger partial charge in [-0.05, 0) is 84.1 Å². The third kappa shape index (κ3) is 4.77. The fourth-order valence-corrected chi connectivity index (χ4v) is 5.37. The van der Waals surface area contributed by atoms with Crippen LogP contribution in [0.25, 0.3) is 6.08 Å². The van der Waals surface area contributed by atoms with Gasteiger partial charge in [-0.15, -0.1) is 0 Å². The summed E-state index contributed by atoms with van der Waals surface area (Å²) in [5.41, 5.74) is 2.07. The number of hydrogen-bond acceptors (Lipinski definition) is 4. The monoisotopic (exact) mass is 450 g/mol. The van der Waals surface area contributed by atoms with E-state index in [0.29, 0.717) is 17.4 Å². The van der Waals surface area contributed by atoms with E-state index in [1.165, 1.54) is 24.2 Å². The Morgan fingerprint density at radius 1 is 1.19 bits per heavy atom. The van der Waals surface area contributed by atoms with Gasteiger partial charge in [0.25, 0.3) is 11.1 Å². The summed E-state index contributed by atoms with van der Waals surface area (Å²) < 4.78 is 1.00. The topological polar surface area (TPSA) is 40.6 Å². The third-order valence-electron chi connectivity index (χ3n) is 5.41. The molecule has 0 radical (unpaired) electrons. The van der Waals surface area contributed by atoms with Crippen molar-refractivity contribution in [3.8, 4) is 0 Å². The van der Waals surface area contributed by atoms with Gasteiger partial charge >= 0.3 is 0 Å². The van der Waals surface area contributed by atoms with Crippen LogP contribution in [0.5, 0.6) is 0 Å². The van der Waals surface area contributed by atoms with Gasteiger partial charge in [0.15, 0.2) is 0 Å². The van der Waals surface area contributed by atoms with Gasteiger partial charge in [0.2, 0.25) is 0 Å². The molecule has 0 unspecified atom stereocenters. The Kier molecular flexibility index (Phi) is 7.04. The molecule has 6 heteroatoms. The van der Waals surface area contributed by atoms with Crippen LogP contribution in [0.2, 0.25) is 0 Å². The van der Waals surface area contributed by atoms with Gasteiger partial charge in [0, 0.05) is 24.1 Å². The van der Waals surface area contributed by atoms with Crippen molar-refractivity contribution in [2.45, 2.75) is 46.0 Å². The lowest BCUT2D eigenvalue weighted by Crippen LogP contribution is -2.34. The first-order valence-corrected chi connectivity index (χ1v) is 11.4. The number of nitrogens with zero attached hydrogens (tertiary/aromatic N) is 2. The minimum atomic E-state index is -0.139. The fraction of sp³-hybridized carbons (Fsp3) is 0.524. The molecule has 2 fully saturated rings. The van der Waals surface area contributed by atoms with E-state index in [1.807, 2.05) is 18.2 Å². The second-order valence-electron chi connectivity index (χ2n) is 7.18. The molecule has 146 valence electrons. The molecule has 1 aliphatic heterocycles. The average Bonchev–Trinajstić information content (AvgIpc) is 2.92. The Morgan fingerprint density at radius 2 is 1.89 bits per heavy atom. The third-order valence-corrected chi connectivity index (χ3v) is 6.96. The number of rotatable bonds is 6. The highest BCUT2D eigenvalue weighted by molar-refractivity contribution is 9.10. The van der Waals surface area contributed by atoms with Crippen LogP contribution in [0.1, 0.15) is 51.5 Å². The molecule has 27 heavy (non-hydrogen) atoms. The first kappa shape index (κ1) is 20.5. The highest BCUT2D eigenvalue weighted by Gasteiger charge is 2.36. The largest absolute Gasteiger partial charge is 0.371 e. The fourth-order valence-electron chi connectivity index (χ4n) is 3.87. The predicted molar refractivity (Wildman–Crippen MR) is 117 cm³/mol. The lowest BCUT2D eigenvalue weighted by atomic mass is 9.89. The van der Waals surface area contributed by atoms with Crippen LogP contribution in [0.15, 0.2) is 27.6 Å². The minimum absolute atomic E-state index is 0.129. The molecular formula is C21H27BrN2O2S. The zero-order chi connectivity index (χ0) is 19.4. The summed E-state index contributed by atoms with van der Waals surface area (Å²) in [6.07, 6.45) is 7.79. The van der Waals surface area contributed by atoms with Gasteiger partial charge < -0.3 is 4.90 Å². The van der Waals surface area contributed by atoms with E-state index < -0.39 is 0 Å². The summed E-state index contributed by atoms with van der Waals surface area (Å²) >= 11 is 4.71. The highest BCUT2D eigenvalue weighted by atomic mass is 79.9. The number of benzene rings is 1. The summed E-state index contributed by atoms with van der Waals surface area (Å²) in [5.74, 6) is 0.327. The summed E-state index contributed by atoms with van der Waals surface area (Å²) in [6, 6.07) is 6.09. The number of carbonyl (C=O) groups is 2. The van der Waals surface area contributed by atoms with E-state index in [0.717, 1.165) is 53.4 Å². The van der Waals surface area contributed by atoms with Crippen LogP contribution >= 0.6 is 27.7 Å². The summed E-state index contributed by atoms with van der Waals surface area (Å²) in [6.45, 7) is 6.72. The molecule has 1 aliphatic carbocycles. The van der Waals surface area contributed by atoms with E-state index in [9.17, 15) is 9.59 Å². The maximum Gasteiger partial charge on any atom is 0.293 e. The second-order valence-corrected chi connectivity index (χ2v) is 9.03. The molecular weight excluding hydrogens is 424 g/mol. The molecule has 3 rings (SSSR count). The molecule has 1 aromatic carbocycles. The Hall–Kier alpha value is -1.27. The molecule has 0 aromatic heterocycles. The SMILES string of the molecule is CCN(CC)c1ccc(/C=C2/SC(=O)N(CC3CCCCC3)C2=O)cc1Br. The van der Waals surface area contributed by atoms with E-state index in [1.54, 1.807) is 0 Å². The van der Waals surface area contributed by atoms with Crippen molar-refractivity contribution in [1.29, 1.82) is 0 Å². The van der Waals surface area contributed by atoms with E-state index in [4.69, 9.17) is 0 Å². The predicted octanol–water partition coefficient (Wildman–Crippen LogP) is 5.91. The van der Waals surface area contributed by atoms with Crippen LogP contribution in [-0.2, 0) is 4.79 Å². The molecule has 0 spiro atoms. The standard InChI is InChI=1S/C21H27BrN2O2S/c1-3-23(4-2)18-11-10-16(12-17(18)22)13-19-20(25)24(21(26)27-19)14-15-8-6-5-7-9-15/h10-13,15H,3-9,14H2,1-2H3/b19-13+. The second kappa shape index (κ2) is 9.28. The molecule has 2 amide bonds. The van der Waals surface area contributed by atoms with Gasteiger partial charge in [-0.1, -0.05) is 25.3 Å². The normalized spacial score (nSPS) is 20.0. The van der Waals surface area contributed by atoms with E-state index >= 15 is 0 Å². The van der Waals surface area contributed by atoms with Crippen molar-refractivity contribution in [2.75, 3.05) is 24.5 Å². The molecule has 1 saturated carbocycles. The molecule has 1 heterocycles. The molecule has 4 nitrogen and oxygen atoms in total. The zero-order valence-corrected chi connectivity index (χ0v) is 18.4. The van der Waals surface area contributed by atoms with Crippen molar-refractivity contribution in [3.63, 3.8) is 0 Å². The molecule has 1 saturated heterocycles. The van der Waals surface area contributed by atoms with Gasteiger partial charge in [-0.3, -0.25) is 14.5 Å². The smallest absolute Gasteiger partial charge is 0.293 e. The number of anilines is 1. The van der Waals surface area contributed by atoms with Gasteiger partial charge in [-0.25, -0.2) is 0 Å². The quantitative estimate of drug-likeness (QED) is 0.504. The number of halogens is 1. The van der Waals surface area contributed by atoms with E-state index in [-0.39, 0.29) is 11.1 Å². The number of hydrogen-bond donors (Lipinski definition) is 0. The number of thioether (sulfide) groups is 1. The number of imide groups is 1. The molecule has 0 bridgehead atoms. The summed E-state index contributed by atoms with van der Waals surface area (Å²) in [5, 5.41) is -0.129. The van der Waals surface area contributed by atoms with Crippen molar-refractivity contribution in [1.82, 2.24) is 4.90 Å². The highest BCUT2D eigenvalue weighted by Crippen LogP contribution is 2.36. The van der Waals surface area contributed by atoms with Crippen LogP contribution < -0.4 is 4.90 Å².